The average molecular weight is 192 g/mol. The van der Waals surface area contributed by atoms with Gasteiger partial charge in [-0.1, -0.05) is 0 Å². The standard InChI is InChI=1S/C7H15NO3P/c1-4-11-12(10)6-5-7(9)8(2)3/h4-6H2,1-3H3/q+1. The van der Waals surface area contributed by atoms with Crippen LogP contribution in [0.2, 0.25) is 0 Å². The molecule has 0 aliphatic carbocycles. The van der Waals surface area contributed by atoms with E-state index in [4.69, 9.17) is 4.52 Å². The zero-order valence-corrected chi connectivity index (χ0v) is 8.63. The molecule has 70 valence electrons. The van der Waals surface area contributed by atoms with Crippen molar-refractivity contribution in [3.05, 3.63) is 0 Å². The number of hydrogen-bond donors (Lipinski definition) is 0. The molecule has 12 heavy (non-hydrogen) atoms. The van der Waals surface area contributed by atoms with Crippen LogP contribution in [0.25, 0.3) is 0 Å². The highest BCUT2D eigenvalue weighted by Gasteiger charge is 2.18. The molecule has 0 radical (unpaired) electrons. The Morgan fingerprint density at radius 1 is 1.50 bits per heavy atom. The van der Waals surface area contributed by atoms with E-state index in [-0.39, 0.29) is 5.91 Å². The van der Waals surface area contributed by atoms with Crippen molar-refractivity contribution in [2.75, 3.05) is 26.9 Å². The molecule has 0 aromatic rings. The molecular weight excluding hydrogens is 177 g/mol. The van der Waals surface area contributed by atoms with Crippen LogP contribution in [0.3, 0.4) is 0 Å². The molecule has 0 heterocycles. The summed E-state index contributed by atoms with van der Waals surface area (Å²) in [6.45, 7) is 2.21. The molecule has 0 spiro atoms. The lowest BCUT2D eigenvalue weighted by atomic mass is 10.4. The number of carbonyl (C=O) groups excluding carboxylic acids is 1. The fourth-order valence-electron chi connectivity index (χ4n) is 0.619. The molecule has 1 amide bonds. The number of nitrogens with zero attached hydrogens (tertiary/aromatic N) is 1. The van der Waals surface area contributed by atoms with Crippen molar-refractivity contribution in [3.8, 4) is 0 Å². The van der Waals surface area contributed by atoms with Crippen LogP contribution in [0.4, 0.5) is 0 Å². The van der Waals surface area contributed by atoms with Gasteiger partial charge in [-0.05, 0) is 11.5 Å². The molecule has 0 aliphatic heterocycles. The zero-order valence-electron chi connectivity index (χ0n) is 7.74. The van der Waals surface area contributed by atoms with Gasteiger partial charge in [0.1, 0.15) is 0 Å². The molecule has 1 atom stereocenters. The van der Waals surface area contributed by atoms with Crippen LogP contribution in [-0.2, 0) is 13.9 Å². The summed E-state index contributed by atoms with van der Waals surface area (Å²) in [6, 6.07) is 0. The lowest BCUT2D eigenvalue weighted by Crippen LogP contribution is -2.21. The summed E-state index contributed by atoms with van der Waals surface area (Å²) in [5, 5.41) is 0. The molecule has 0 saturated heterocycles. The van der Waals surface area contributed by atoms with Crippen LogP contribution in [0.1, 0.15) is 13.3 Å². The summed E-state index contributed by atoms with van der Waals surface area (Å²) >= 11 is 0. The van der Waals surface area contributed by atoms with E-state index >= 15 is 0 Å². The van der Waals surface area contributed by atoms with Gasteiger partial charge in [0, 0.05) is 14.1 Å². The van der Waals surface area contributed by atoms with Crippen LogP contribution >= 0.6 is 8.03 Å². The molecule has 0 aromatic heterocycles. The van der Waals surface area contributed by atoms with Crippen LogP contribution in [0, 0.1) is 0 Å². The van der Waals surface area contributed by atoms with Crippen molar-refractivity contribution in [3.63, 3.8) is 0 Å². The Bertz CT molecular complexity index is 170. The Labute approximate surface area is 73.8 Å². The van der Waals surface area contributed by atoms with Gasteiger partial charge in [0.15, 0.2) is 6.16 Å². The Morgan fingerprint density at radius 2 is 2.08 bits per heavy atom. The monoisotopic (exact) mass is 192 g/mol. The second-order valence-corrected chi connectivity index (χ2v) is 3.88. The summed E-state index contributed by atoms with van der Waals surface area (Å²) in [5.41, 5.74) is 0. The first-order valence-electron chi connectivity index (χ1n) is 3.85. The van der Waals surface area contributed by atoms with Gasteiger partial charge in [-0.25, -0.2) is 0 Å². The van der Waals surface area contributed by atoms with Gasteiger partial charge in [-0.3, -0.25) is 4.79 Å². The van der Waals surface area contributed by atoms with E-state index in [0.717, 1.165) is 0 Å². The highest BCUT2D eigenvalue weighted by atomic mass is 31.1. The quantitative estimate of drug-likeness (QED) is 0.616. The molecule has 0 saturated carbocycles. The summed E-state index contributed by atoms with van der Waals surface area (Å²) < 4.78 is 15.7. The van der Waals surface area contributed by atoms with E-state index < -0.39 is 8.03 Å². The van der Waals surface area contributed by atoms with Crippen molar-refractivity contribution >= 4 is 13.9 Å². The van der Waals surface area contributed by atoms with Crippen LogP contribution in [-0.4, -0.2) is 37.7 Å². The second kappa shape index (κ2) is 6.09. The molecule has 0 aromatic carbocycles. The summed E-state index contributed by atoms with van der Waals surface area (Å²) in [4.78, 5) is 12.5. The van der Waals surface area contributed by atoms with Crippen LogP contribution in [0.5, 0.6) is 0 Å². The minimum absolute atomic E-state index is 0.0157. The van der Waals surface area contributed by atoms with E-state index in [1.165, 1.54) is 4.90 Å². The Hall–Kier alpha value is -0.470. The number of amides is 1. The van der Waals surface area contributed by atoms with Crippen molar-refractivity contribution in [2.24, 2.45) is 0 Å². The highest BCUT2D eigenvalue weighted by Crippen LogP contribution is 2.22. The highest BCUT2D eigenvalue weighted by molar-refractivity contribution is 7.39. The van der Waals surface area contributed by atoms with Gasteiger partial charge in [0.25, 0.3) is 0 Å². The number of carbonyl (C=O) groups is 1. The molecule has 0 N–H and O–H groups in total. The third-order valence-corrected chi connectivity index (χ3v) is 2.42. The maximum absolute atomic E-state index is 11.0. The van der Waals surface area contributed by atoms with Crippen LogP contribution < -0.4 is 0 Å². The number of rotatable bonds is 5. The molecular formula is C7H15NO3P+. The molecule has 0 fully saturated rings. The maximum Gasteiger partial charge on any atom is 0.508 e. The van der Waals surface area contributed by atoms with Gasteiger partial charge >= 0.3 is 8.03 Å². The molecule has 5 heteroatoms. The second-order valence-electron chi connectivity index (χ2n) is 2.51. The Kier molecular flexibility index (Phi) is 5.85. The SMILES string of the molecule is CCO[P+](=O)CCC(=O)N(C)C. The number of hydrogen-bond acceptors (Lipinski definition) is 3. The smallest absolute Gasteiger partial charge is 0.349 e. The topological polar surface area (TPSA) is 46.6 Å². The third kappa shape index (κ3) is 5.22. The van der Waals surface area contributed by atoms with Gasteiger partial charge in [0.2, 0.25) is 5.91 Å². The first-order chi connectivity index (χ1) is 5.57. The Morgan fingerprint density at radius 3 is 2.50 bits per heavy atom. The van der Waals surface area contributed by atoms with E-state index in [1.807, 2.05) is 0 Å². The van der Waals surface area contributed by atoms with E-state index in [1.54, 1.807) is 21.0 Å². The third-order valence-electron chi connectivity index (χ3n) is 1.28. The minimum atomic E-state index is -1.64. The zero-order chi connectivity index (χ0) is 9.56. The Balaban J connectivity index is 3.54. The molecule has 0 aliphatic rings. The van der Waals surface area contributed by atoms with Gasteiger partial charge in [0.05, 0.1) is 13.0 Å². The molecule has 4 nitrogen and oxygen atoms in total. The molecule has 0 bridgehead atoms. The van der Waals surface area contributed by atoms with Gasteiger partial charge in [-0.2, -0.15) is 0 Å². The molecule has 0 rings (SSSR count). The van der Waals surface area contributed by atoms with Gasteiger partial charge < -0.3 is 4.90 Å². The predicted molar refractivity (Wildman–Crippen MR) is 47.4 cm³/mol. The van der Waals surface area contributed by atoms with E-state index in [0.29, 0.717) is 19.2 Å². The fraction of sp³-hybridized carbons (Fsp3) is 0.857. The van der Waals surface area contributed by atoms with Crippen molar-refractivity contribution in [2.45, 2.75) is 13.3 Å². The summed E-state index contributed by atoms with van der Waals surface area (Å²) in [6.07, 6.45) is 0.613. The lowest BCUT2D eigenvalue weighted by molar-refractivity contribution is -0.128. The normalized spacial score (nSPS) is 11.1. The van der Waals surface area contributed by atoms with E-state index in [9.17, 15) is 9.36 Å². The first-order valence-corrected chi connectivity index (χ1v) is 5.22. The van der Waals surface area contributed by atoms with Crippen molar-refractivity contribution in [1.29, 1.82) is 0 Å². The first kappa shape index (κ1) is 11.5. The molecule has 1 unspecified atom stereocenters. The summed E-state index contributed by atoms with van der Waals surface area (Å²) in [7, 11) is 1.72. The maximum atomic E-state index is 11.0. The van der Waals surface area contributed by atoms with Crippen LogP contribution in [0.15, 0.2) is 0 Å². The van der Waals surface area contributed by atoms with Gasteiger partial charge in [-0.15, -0.1) is 4.52 Å². The summed E-state index contributed by atoms with van der Waals surface area (Å²) in [5.74, 6) is -0.0157. The fourth-order valence-corrected chi connectivity index (χ4v) is 1.41. The van der Waals surface area contributed by atoms with E-state index in [2.05, 4.69) is 0 Å². The van der Waals surface area contributed by atoms with Crippen molar-refractivity contribution < 1.29 is 13.9 Å². The lowest BCUT2D eigenvalue weighted by Gasteiger charge is -2.06. The average Bonchev–Trinajstić information content (AvgIpc) is 2.00. The minimum Gasteiger partial charge on any atom is -0.349 e. The largest absolute Gasteiger partial charge is 0.508 e. The predicted octanol–water partition coefficient (Wildman–Crippen LogP) is 1.24. The van der Waals surface area contributed by atoms with Crippen molar-refractivity contribution in [1.82, 2.24) is 4.90 Å².